The Bertz CT molecular complexity index is 359. The molecule has 88 valence electrons. The van der Waals surface area contributed by atoms with E-state index < -0.39 is 18.4 Å². The second-order valence-electron chi connectivity index (χ2n) is 3.49. The van der Waals surface area contributed by atoms with Gasteiger partial charge in [-0.05, 0) is 6.07 Å². The summed E-state index contributed by atoms with van der Waals surface area (Å²) in [4.78, 5) is 22.5. The lowest BCUT2D eigenvalue weighted by molar-refractivity contribution is -0.168. The first-order valence-electron chi connectivity index (χ1n) is 4.92. The fourth-order valence-electron chi connectivity index (χ4n) is 0.897. The molecule has 0 fully saturated rings. The van der Waals surface area contributed by atoms with Gasteiger partial charge in [0, 0.05) is 19.3 Å². The Morgan fingerprint density at radius 3 is 2.44 bits per heavy atom. The fourth-order valence-corrected chi connectivity index (χ4v) is 0.897. The van der Waals surface area contributed by atoms with Crippen molar-refractivity contribution in [1.82, 2.24) is 9.78 Å². The van der Waals surface area contributed by atoms with Crippen LogP contribution in [0.2, 0.25) is 0 Å². The van der Waals surface area contributed by atoms with E-state index in [1.807, 2.05) is 0 Å². The molecule has 1 unspecified atom stereocenters. The van der Waals surface area contributed by atoms with E-state index in [-0.39, 0.29) is 5.92 Å². The van der Waals surface area contributed by atoms with Gasteiger partial charge in [-0.2, -0.15) is 9.78 Å². The van der Waals surface area contributed by atoms with Gasteiger partial charge in [-0.25, -0.2) is 4.79 Å². The number of nitrogens with zero attached hydrogens (tertiary/aromatic N) is 2. The van der Waals surface area contributed by atoms with Gasteiger partial charge in [0.2, 0.25) is 6.29 Å². The van der Waals surface area contributed by atoms with Crippen molar-refractivity contribution in [3.63, 3.8) is 0 Å². The van der Waals surface area contributed by atoms with Crippen LogP contribution in [0.4, 0.5) is 4.79 Å². The van der Waals surface area contributed by atoms with Crippen LogP contribution in [0.5, 0.6) is 0 Å². The summed E-state index contributed by atoms with van der Waals surface area (Å²) in [6.45, 7) is 4.87. The number of rotatable bonds is 3. The monoisotopic (exact) mass is 226 g/mol. The highest BCUT2D eigenvalue weighted by Crippen LogP contribution is 2.03. The Labute approximate surface area is 93.1 Å². The van der Waals surface area contributed by atoms with E-state index >= 15 is 0 Å². The van der Waals surface area contributed by atoms with Gasteiger partial charge in [0.25, 0.3) is 0 Å². The van der Waals surface area contributed by atoms with Crippen LogP contribution in [0.15, 0.2) is 18.5 Å². The normalized spacial score (nSPS) is 12.2. The van der Waals surface area contributed by atoms with E-state index in [4.69, 9.17) is 9.47 Å². The SMILES string of the molecule is CC(OC(=O)C(C)C)OC(=O)n1cccn1. The molecule has 0 saturated heterocycles. The fraction of sp³-hybridized carbons (Fsp3) is 0.500. The highest BCUT2D eigenvalue weighted by molar-refractivity contribution is 5.72. The van der Waals surface area contributed by atoms with Gasteiger partial charge in [-0.3, -0.25) is 4.79 Å². The Morgan fingerprint density at radius 1 is 1.25 bits per heavy atom. The van der Waals surface area contributed by atoms with Crippen molar-refractivity contribution in [2.45, 2.75) is 27.1 Å². The lowest BCUT2D eigenvalue weighted by Crippen LogP contribution is -2.26. The summed E-state index contributed by atoms with van der Waals surface area (Å²) >= 11 is 0. The first-order chi connectivity index (χ1) is 7.50. The van der Waals surface area contributed by atoms with Crippen LogP contribution >= 0.6 is 0 Å². The van der Waals surface area contributed by atoms with Crippen molar-refractivity contribution >= 4 is 12.1 Å². The third-order valence-electron chi connectivity index (χ3n) is 1.71. The maximum Gasteiger partial charge on any atom is 0.437 e. The smallest absolute Gasteiger partial charge is 0.425 e. The minimum Gasteiger partial charge on any atom is -0.425 e. The molecule has 0 aliphatic rings. The third kappa shape index (κ3) is 3.38. The van der Waals surface area contributed by atoms with Gasteiger partial charge in [0.15, 0.2) is 0 Å². The molecule has 1 aromatic heterocycles. The summed E-state index contributed by atoms with van der Waals surface area (Å²) in [6.07, 6.45) is 1.28. The van der Waals surface area contributed by atoms with Crippen molar-refractivity contribution in [1.29, 1.82) is 0 Å². The lowest BCUT2D eigenvalue weighted by Gasteiger charge is -2.14. The number of aromatic nitrogens is 2. The van der Waals surface area contributed by atoms with Gasteiger partial charge in [0.1, 0.15) is 0 Å². The molecule has 0 radical (unpaired) electrons. The van der Waals surface area contributed by atoms with Crippen LogP contribution in [0, 0.1) is 5.92 Å². The molecule has 6 heteroatoms. The van der Waals surface area contributed by atoms with Crippen molar-refractivity contribution in [3.05, 3.63) is 18.5 Å². The molecule has 0 bridgehead atoms. The molecular formula is C10H14N2O4. The van der Waals surface area contributed by atoms with Gasteiger partial charge >= 0.3 is 12.1 Å². The summed E-state index contributed by atoms with van der Waals surface area (Å²) in [5.41, 5.74) is 0. The summed E-state index contributed by atoms with van der Waals surface area (Å²) in [5.74, 6) is -0.674. The Balaban J connectivity index is 2.43. The van der Waals surface area contributed by atoms with E-state index in [1.165, 1.54) is 19.3 Å². The summed E-state index contributed by atoms with van der Waals surface area (Å²) in [7, 11) is 0. The molecule has 6 nitrogen and oxygen atoms in total. The molecule has 0 aliphatic heterocycles. The van der Waals surface area contributed by atoms with Crippen LogP contribution in [0.1, 0.15) is 20.8 Å². The first-order valence-corrected chi connectivity index (χ1v) is 4.92. The number of carbonyl (C=O) groups is 2. The molecule has 0 aliphatic carbocycles. The minimum atomic E-state index is -0.924. The highest BCUT2D eigenvalue weighted by atomic mass is 16.7. The predicted octanol–water partition coefficient (Wildman–Crippen LogP) is 1.41. The van der Waals surface area contributed by atoms with Crippen molar-refractivity contribution in [2.75, 3.05) is 0 Å². The quantitative estimate of drug-likeness (QED) is 0.575. The third-order valence-corrected chi connectivity index (χ3v) is 1.71. The minimum absolute atomic E-state index is 0.258. The topological polar surface area (TPSA) is 70.4 Å². The molecule has 0 spiro atoms. The molecule has 0 N–H and O–H groups in total. The average Bonchev–Trinajstić information content (AvgIpc) is 2.69. The van der Waals surface area contributed by atoms with Gasteiger partial charge in [0.05, 0.1) is 5.92 Å². The summed E-state index contributed by atoms with van der Waals surface area (Å²) in [5, 5.41) is 3.69. The number of ether oxygens (including phenoxy) is 2. The van der Waals surface area contributed by atoms with Crippen LogP contribution in [-0.2, 0) is 14.3 Å². The van der Waals surface area contributed by atoms with Crippen LogP contribution < -0.4 is 0 Å². The molecule has 1 rings (SSSR count). The van der Waals surface area contributed by atoms with E-state index in [0.717, 1.165) is 4.68 Å². The molecule has 0 aromatic carbocycles. The van der Waals surface area contributed by atoms with Gasteiger partial charge in [-0.1, -0.05) is 13.8 Å². The maximum absolute atomic E-state index is 11.4. The van der Waals surface area contributed by atoms with Crippen molar-refractivity contribution in [3.8, 4) is 0 Å². The number of esters is 1. The zero-order valence-electron chi connectivity index (χ0n) is 9.41. The Morgan fingerprint density at radius 2 is 1.94 bits per heavy atom. The molecule has 1 heterocycles. The zero-order valence-corrected chi connectivity index (χ0v) is 9.41. The second-order valence-corrected chi connectivity index (χ2v) is 3.49. The molecule has 0 saturated carbocycles. The van der Waals surface area contributed by atoms with Crippen LogP contribution in [-0.4, -0.2) is 28.1 Å². The zero-order chi connectivity index (χ0) is 12.1. The van der Waals surface area contributed by atoms with Crippen LogP contribution in [0.25, 0.3) is 0 Å². The molecule has 1 aromatic rings. The Kier molecular flexibility index (Phi) is 4.04. The first kappa shape index (κ1) is 12.2. The van der Waals surface area contributed by atoms with Crippen molar-refractivity contribution < 1.29 is 19.1 Å². The molecule has 0 amide bonds. The van der Waals surface area contributed by atoms with Crippen molar-refractivity contribution in [2.24, 2.45) is 5.92 Å². The van der Waals surface area contributed by atoms with Gasteiger partial charge < -0.3 is 9.47 Å². The van der Waals surface area contributed by atoms with Crippen LogP contribution in [0.3, 0.4) is 0 Å². The van der Waals surface area contributed by atoms with Gasteiger partial charge in [-0.15, -0.1) is 0 Å². The Hall–Kier alpha value is -1.85. The molecule has 16 heavy (non-hydrogen) atoms. The summed E-state index contributed by atoms with van der Waals surface area (Å²) < 4.78 is 10.7. The predicted molar refractivity (Wildman–Crippen MR) is 54.5 cm³/mol. The summed E-state index contributed by atoms with van der Waals surface area (Å²) in [6, 6.07) is 1.59. The maximum atomic E-state index is 11.4. The number of hydrogen-bond donors (Lipinski definition) is 0. The molecule has 1 atom stereocenters. The molecular weight excluding hydrogens is 212 g/mol. The number of carbonyl (C=O) groups excluding carboxylic acids is 2. The lowest BCUT2D eigenvalue weighted by atomic mass is 10.2. The van der Waals surface area contributed by atoms with E-state index in [2.05, 4.69) is 5.10 Å². The highest BCUT2D eigenvalue weighted by Gasteiger charge is 2.17. The largest absolute Gasteiger partial charge is 0.437 e. The average molecular weight is 226 g/mol. The second kappa shape index (κ2) is 5.29. The van der Waals surface area contributed by atoms with E-state index in [1.54, 1.807) is 19.9 Å². The number of hydrogen-bond acceptors (Lipinski definition) is 5. The van der Waals surface area contributed by atoms with E-state index in [0.29, 0.717) is 0 Å². The standard InChI is InChI=1S/C10H14N2O4/c1-7(2)9(13)15-8(3)16-10(14)12-6-4-5-11-12/h4-8H,1-3H3. The van der Waals surface area contributed by atoms with E-state index in [9.17, 15) is 9.59 Å².